The third-order valence-corrected chi connectivity index (χ3v) is 10.6. The van der Waals surface area contributed by atoms with Crippen molar-refractivity contribution in [3.05, 3.63) is 0 Å². The van der Waals surface area contributed by atoms with Gasteiger partial charge in [-0.25, -0.2) is 4.79 Å². The highest BCUT2D eigenvalue weighted by atomic mass is 16.6. The van der Waals surface area contributed by atoms with Crippen LogP contribution in [0.2, 0.25) is 0 Å². The molecule has 10 heteroatoms. The third-order valence-electron chi connectivity index (χ3n) is 10.6. The largest absolute Gasteiger partial charge is 0.444 e. The van der Waals surface area contributed by atoms with Crippen molar-refractivity contribution in [3.8, 4) is 0 Å². The Kier molecular flexibility index (Phi) is 7.92. The summed E-state index contributed by atoms with van der Waals surface area (Å²) in [6.45, 7) is 9.97. The van der Waals surface area contributed by atoms with Gasteiger partial charge >= 0.3 is 6.09 Å². The van der Waals surface area contributed by atoms with Crippen molar-refractivity contribution in [2.75, 3.05) is 6.54 Å². The number of ether oxygens (including phenoxy) is 1. The van der Waals surface area contributed by atoms with Crippen LogP contribution in [0.15, 0.2) is 0 Å². The summed E-state index contributed by atoms with van der Waals surface area (Å²) in [5, 5.41) is 5.74. The van der Waals surface area contributed by atoms with E-state index in [2.05, 4.69) is 24.5 Å². The van der Waals surface area contributed by atoms with Crippen molar-refractivity contribution in [2.24, 2.45) is 46.7 Å². The lowest BCUT2D eigenvalue weighted by Gasteiger charge is -2.35. The number of nitrogens with two attached hydrogens (primary N) is 1. The molecule has 0 aromatic rings. The van der Waals surface area contributed by atoms with Crippen LogP contribution < -0.4 is 16.4 Å². The summed E-state index contributed by atoms with van der Waals surface area (Å²) >= 11 is 0. The fraction of sp³-hybridized carbons (Fsp3) is 0.839. The normalized spacial score (nSPS) is 33.1. The second-order valence-electron chi connectivity index (χ2n) is 15.0. The molecule has 228 valence electrons. The number of hydrogen-bond acceptors (Lipinski definition) is 6. The maximum Gasteiger partial charge on any atom is 0.408 e. The summed E-state index contributed by atoms with van der Waals surface area (Å²) in [7, 11) is 0. The number of piperidine rings is 1. The van der Waals surface area contributed by atoms with Gasteiger partial charge in [-0.15, -0.1) is 0 Å². The Morgan fingerprint density at radius 3 is 2.12 bits per heavy atom. The average molecular weight is 573 g/mol. The molecule has 0 aromatic carbocycles. The summed E-state index contributed by atoms with van der Waals surface area (Å²) in [6, 6.07) is -2.56. The maximum absolute atomic E-state index is 14.4. The first-order valence-corrected chi connectivity index (χ1v) is 15.6. The molecule has 4 N–H and O–H groups in total. The van der Waals surface area contributed by atoms with Gasteiger partial charge in [0.25, 0.3) is 5.91 Å². The van der Waals surface area contributed by atoms with Gasteiger partial charge in [-0.1, -0.05) is 52.4 Å². The molecule has 0 bridgehead atoms. The molecule has 7 unspecified atom stereocenters. The topological polar surface area (TPSA) is 148 Å². The molecule has 4 amide bonds. The van der Waals surface area contributed by atoms with Gasteiger partial charge in [0, 0.05) is 6.54 Å². The number of alkyl carbamates (subject to hydrolysis) is 1. The lowest BCUT2D eigenvalue weighted by molar-refractivity contribution is -0.144. The molecule has 1 aliphatic heterocycles. The second-order valence-corrected chi connectivity index (χ2v) is 15.0. The molecule has 0 aromatic heterocycles. The standard InChI is InChI=1S/C31H48N4O6/c1-30(2,3)41-29(40)34-23(19-13-17-8-6-7-9-18(17)14-19)28(39)35-15-20-22(31(20,4)5)24(35)27(38)33-21(12-16-10-11-16)25(36)26(32)37/h16-24H,6-15H2,1-5H3,(H2,32,37)(H,33,38)(H,34,40). The lowest BCUT2D eigenvalue weighted by atomic mass is 9.82. The molecule has 0 spiro atoms. The van der Waals surface area contributed by atoms with Gasteiger partial charge in [-0.05, 0) is 81.0 Å². The molecule has 5 aliphatic rings. The Bertz CT molecular complexity index is 1080. The zero-order valence-corrected chi connectivity index (χ0v) is 25.2. The number of ketones is 1. The number of carbonyl (C=O) groups excluding carboxylic acids is 5. The van der Waals surface area contributed by atoms with Gasteiger partial charge in [0.15, 0.2) is 0 Å². The Balaban J connectivity index is 1.38. The summed E-state index contributed by atoms with van der Waals surface area (Å²) in [4.78, 5) is 67.2. The number of hydrogen-bond donors (Lipinski definition) is 3. The van der Waals surface area contributed by atoms with E-state index in [4.69, 9.17) is 10.5 Å². The van der Waals surface area contributed by atoms with Gasteiger partial charge in [0.2, 0.25) is 17.6 Å². The number of amides is 4. The fourth-order valence-electron chi connectivity index (χ4n) is 8.21. The third kappa shape index (κ3) is 6.26. The van der Waals surface area contributed by atoms with Crippen molar-refractivity contribution in [1.82, 2.24) is 15.5 Å². The Morgan fingerprint density at radius 2 is 1.59 bits per heavy atom. The molecule has 41 heavy (non-hydrogen) atoms. The van der Waals surface area contributed by atoms with E-state index in [9.17, 15) is 24.0 Å². The lowest BCUT2D eigenvalue weighted by Crippen LogP contribution is -2.59. The smallest absolute Gasteiger partial charge is 0.408 e. The number of Topliss-reactive ketones (excluding diaryl/α,β-unsaturated/α-hetero) is 1. The predicted molar refractivity (Wildman–Crippen MR) is 151 cm³/mol. The van der Waals surface area contributed by atoms with Gasteiger partial charge in [-0.2, -0.15) is 0 Å². The highest BCUT2D eigenvalue weighted by Crippen LogP contribution is 2.65. The molecule has 0 radical (unpaired) electrons. The minimum absolute atomic E-state index is 0.0316. The average Bonchev–Trinajstić information content (AvgIpc) is 3.63. The number of nitrogens with zero attached hydrogens (tertiary/aromatic N) is 1. The quantitative estimate of drug-likeness (QED) is 0.362. The molecular formula is C31H48N4O6. The first-order valence-electron chi connectivity index (χ1n) is 15.6. The predicted octanol–water partition coefficient (Wildman–Crippen LogP) is 2.92. The van der Waals surface area contributed by atoms with Crippen molar-refractivity contribution in [2.45, 2.75) is 116 Å². The number of primary amides is 1. The number of carbonyl (C=O) groups is 5. The van der Waals surface area contributed by atoms with Crippen molar-refractivity contribution in [1.29, 1.82) is 0 Å². The Morgan fingerprint density at radius 1 is 0.976 bits per heavy atom. The van der Waals surface area contributed by atoms with Gasteiger partial charge in [0.05, 0.1) is 6.04 Å². The van der Waals surface area contributed by atoms with Crippen LogP contribution in [0.25, 0.3) is 0 Å². The molecule has 7 atom stereocenters. The molecule has 5 fully saturated rings. The molecule has 1 saturated heterocycles. The first kappa shape index (κ1) is 29.8. The summed E-state index contributed by atoms with van der Waals surface area (Å²) in [5.74, 6) is -1.12. The van der Waals surface area contributed by atoms with E-state index in [1.807, 2.05) is 0 Å². The highest BCUT2D eigenvalue weighted by molar-refractivity contribution is 6.37. The van der Waals surface area contributed by atoms with E-state index in [1.54, 1.807) is 25.7 Å². The van der Waals surface area contributed by atoms with Crippen LogP contribution in [-0.4, -0.2) is 64.8 Å². The van der Waals surface area contributed by atoms with E-state index in [0.717, 1.165) is 38.5 Å². The van der Waals surface area contributed by atoms with Crippen LogP contribution in [0.4, 0.5) is 4.79 Å². The van der Waals surface area contributed by atoms with Gasteiger partial charge in [0.1, 0.15) is 17.7 Å². The molecular weight excluding hydrogens is 524 g/mol. The SMILES string of the molecule is CC(C)(C)OC(=O)NC(C(=O)N1CC2C(C1C(=O)NC(CC1CC1)C(=O)C(N)=O)C2(C)C)C1CC2CCCCC2C1. The van der Waals surface area contributed by atoms with Crippen molar-refractivity contribution >= 4 is 29.6 Å². The number of nitrogens with one attached hydrogen (secondary N) is 2. The molecule has 10 nitrogen and oxygen atoms in total. The Hall–Kier alpha value is -2.65. The Labute approximate surface area is 243 Å². The number of fused-ring (bicyclic) bond motifs is 2. The highest BCUT2D eigenvalue weighted by Gasteiger charge is 2.70. The van der Waals surface area contributed by atoms with Gasteiger partial charge in [-0.3, -0.25) is 19.2 Å². The minimum Gasteiger partial charge on any atom is -0.444 e. The second kappa shape index (κ2) is 10.9. The zero-order chi connectivity index (χ0) is 29.9. The number of rotatable bonds is 9. The van der Waals surface area contributed by atoms with E-state index >= 15 is 0 Å². The van der Waals surface area contributed by atoms with E-state index in [-0.39, 0.29) is 35.0 Å². The molecule has 5 rings (SSSR count). The van der Waals surface area contributed by atoms with Crippen LogP contribution in [-0.2, 0) is 23.9 Å². The van der Waals surface area contributed by atoms with Gasteiger partial charge < -0.3 is 26.0 Å². The maximum atomic E-state index is 14.4. The summed E-state index contributed by atoms with van der Waals surface area (Å²) in [5.41, 5.74) is 4.46. The van der Waals surface area contributed by atoms with E-state index in [1.165, 1.54) is 12.8 Å². The first-order chi connectivity index (χ1) is 19.2. The van der Waals surface area contributed by atoms with Crippen LogP contribution in [0, 0.1) is 40.9 Å². The van der Waals surface area contributed by atoms with Crippen LogP contribution in [0.1, 0.15) is 92.4 Å². The fourth-order valence-corrected chi connectivity index (χ4v) is 8.21. The van der Waals surface area contributed by atoms with Crippen molar-refractivity contribution in [3.63, 3.8) is 0 Å². The molecule has 1 heterocycles. The zero-order valence-electron chi connectivity index (χ0n) is 25.2. The molecule has 4 saturated carbocycles. The van der Waals surface area contributed by atoms with E-state index in [0.29, 0.717) is 24.8 Å². The van der Waals surface area contributed by atoms with Crippen LogP contribution >= 0.6 is 0 Å². The van der Waals surface area contributed by atoms with E-state index < -0.39 is 47.4 Å². The summed E-state index contributed by atoms with van der Waals surface area (Å²) in [6.07, 6.45) is 8.09. The monoisotopic (exact) mass is 572 g/mol. The van der Waals surface area contributed by atoms with Crippen molar-refractivity contribution < 1.29 is 28.7 Å². The minimum atomic E-state index is -1.07. The molecule has 4 aliphatic carbocycles. The summed E-state index contributed by atoms with van der Waals surface area (Å²) < 4.78 is 5.56. The number of likely N-dealkylation sites (tertiary alicyclic amines) is 1. The van der Waals surface area contributed by atoms with Crippen LogP contribution in [0.5, 0.6) is 0 Å². The van der Waals surface area contributed by atoms with Crippen LogP contribution in [0.3, 0.4) is 0 Å².